The Labute approximate surface area is 106 Å². The number of nitriles is 1. The van der Waals surface area contributed by atoms with Crippen molar-refractivity contribution in [2.75, 3.05) is 18.2 Å². The van der Waals surface area contributed by atoms with Crippen molar-refractivity contribution in [2.45, 2.75) is 26.8 Å². The number of hydrogen-bond acceptors (Lipinski definition) is 4. The first-order valence-corrected chi connectivity index (χ1v) is 6.57. The predicted molar refractivity (Wildman–Crippen MR) is 66.0 cm³/mol. The van der Waals surface area contributed by atoms with Gasteiger partial charge in [-0.1, -0.05) is 20.8 Å². The SMILES string of the molecule is CC(C)(C)C(=O)N1CSCC1C(=O)NCC#N. The fourth-order valence-electron chi connectivity index (χ4n) is 1.54. The van der Waals surface area contributed by atoms with Crippen LogP contribution in [0.15, 0.2) is 0 Å². The maximum Gasteiger partial charge on any atom is 0.244 e. The lowest BCUT2D eigenvalue weighted by Crippen LogP contribution is -2.50. The van der Waals surface area contributed by atoms with Crippen LogP contribution in [0.1, 0.15) is 20.8 Å². The van der Waals surface area contributed by atoms with Crippen LogP contribution in [-0.2, 0) is 9.59 Å². The van der Waals surface area contributed by atoms with E-state index in [1.54, 1.807) is 16.7 Å². The zero-order valence-electron chi connectivity index (χ0n) is 10.3. The van der Waals surface area contributed by atoms with Crippen molar-refractivity contribution in [3.8, 4) is 6.07 Å². The number of nitrogens with zero attached hydrogens (tertiary/aromatic N) is 2. The van der Waals surface area contributed by atoms with E-state index in [-0.39, 0.29) is 18.4 Å². The molecule has 0 aromatic rings. The second-order valence-electron chi connectivity index (χ2n) is 4.92. The Morgan fingerprint density at radius 1 is 1.53 bits per heavy atom. The van der Waals surface area contributed by atoms with Gasteiger partial charge >= 0.3 is 0 Å². The molecule has 0 aliphatic carbocycles. The molecule has 6 heteroatoms. The van der Waals surface area contributed by atoms with Crippen molar-refractivity contribution < 1.29 is 9.59 Å². The summed E-state index contributed by atoms with van der Waals surface area (Å²) in [4.78, 5) is 25.5. The number of nitrogens with one attached hydrogen (secondary N) is 1. The molecule has 0 bridgehead atoms. The molecule has 5 nitrogen and oxygen atoms in total. The second-order valence-corrected chi connectivity index (χ2v) is 5.92. The lowest BCUT2D eigenvalue weighted by Gasteiger charge is -2.29. The van der Waals surface area contributed by atoms with Crippen LogP contribution >= 0.6 is 11.8 Å². The summed E-state index contributed by atoms with van der Waals surface area (Å²) in [6.45, 7) is 5.49. The van der Waals surface area contributed by atoms with Crippen molar-refractivity contribution in [3.63, 3.8) is 0 Å². The van der Waals surface area contributed by atoms with E-state index in [1.165, 1.54) is 0 Å². The van der Waals surface area contributed by atoms with Crippen molar-refractivity contribution in [1.29, 1.82) is 5.26 Å². The number of hydrogen-bond donors (Lipinski definition) is 1. The summed E-state index contributed by atoms with van der Waals surface area (Å²) in [6, 6.07) is 1.41. The summed E-state index contributed by atoms with van der Waals surface area (Å²) in [5.41, 5.74) is -0.487. The molecule has 1 unspecified atom stereocenters. The first kappa shape index (κ1) is 13.8. The van der Waals surface area contributed by atoms with E-state index < -0.39 is 11.5 Å². The van der Waals surface area contributed by atoms with Gasteiger partial charge in [0.1, 0.15) is 12.6 Å². The quantitative estimate of drug-likeness (QED) is 0.732. The summed E-state index contributed by atoms with van der Waals surface area (Å²) in [7, 11) is 0. The summed E-state index contributed by atoms with van der Waals surface area (Å²) in [5.74, 6) is 0.869. The minimum atomic E-state index is -0.487. The molecule has 1 aliphatic rings. The highest BCUT2D eigenvalue weighted by Crippen LogP contribution is 2.27. The van der Waals surface area contributed by atoms with Gasteiger partial charge in [-0.25, -0.2) is 0 Å². The molecule has 2 amide bonds. The molecule has 17 heavy (non-hydrogen) atoms. The van der Waals surface area contributed by atoms with Crippen molar-refractivity contribution in [1.82, 2.24) is 10.2 Å². The van der Waals surface area contributed by atoms with Gasteiger partial charge in [-0.05, 0) is 0 Å². The van der Waals surface area contributed by atoms with Crippen molar-refractivity contribution in [2.24, 2.45) is 5.41 Å². The Morgan fingerprint density at radius 3 is 2.71 bits per heavy atom. The van der Waals surface area contributed by atoms with Gasteiger partial charge in [-0.2, -0.15) is 5.26 Å². The van der Waals surface area contributed by atoms with Crippen molar-refractivity contribution >= 4 is 23.6 Å². The molecule has 1 fully saturated rings. The molecule has 94 valence electrons. The average molecular weight is 255 g/mol. The Bertz CT molecular complexity index is 357. The van der Waals surface area contributed by atoms with E-state index in [9.17, 15) is 9.59 Å². The molecule has 1 rings (SSSR count). The summed E-state index contributed by atoms with van der Waals surface area (Å²) in [5, 5.41) is 10.9. The van der Waals surface area contributed by atoms with Crippen LogP contribution in [0, 0.1) is 16.7 Å². The van der Waals surface area contributed by atoms with E-state index in [0.29, 0.717) is 11.6 Å². The number of amides is 2. The van der Waals surface area contributed by atoms with Gasteiger partial charge in [0.15, 0.2) is 0 Å². The van der Waals surface area contributed by atoms with Crippen LogP contribution in [0.2, 0.25) is 0 Å². The van der Waals surface area contributed by atoms with Gasteiger partial charge in [0.2, 0.25) is 11.8 Å². The average Bonchev–Trinajstić information content (AvgIpc) is 2.72. The van der Waals surface area contributed by atoms with Crippen LogP contribution in [0.3, 0.4) is 0 Å². The standard InChI is InChI=1S/C11H17N3O2S/c1-11(2,3)10(16)14-7-17-6-8(14)9(15)13-5-4-12/h8H,5-7H2,1-3H3,(H,13,15). The molecule has 0 aromatic heterocycles. The third kappa shape index (κ3) is 3.37. The van der Waals surface area contributed by atoms with Gasteiger partial charge in [0, 0.05) is 11.2 Å². The monoisotopic (exact) mass is 255 g/mol. The molecular weight excluding hydrogens is 238 g/mol. The predicted octanol–water partition coefficient (Wildman–Crippen LogP) is 0.574. The maximum atomic E-state index is 12.1. The number of rotatable bonds is 2. The van der Waals surface area contributed by atoms with E-state index >= 15 is 0 Å². The molecule has 0 saturated carbocycles. The molecule has 1 saturated heterocycles. The molecule has 1 aliphatic heterocycles. The summed E-state index contributed by atoms with van der Waals surface area (Å²) < 4.78 is 0. The normalized spacial score (nSPS) is 19.9. The van der Waals surface area contributed by atoms with Crippen LogP contribution in [0.4, 0.5) is 0 Å². The van der Waals surface area contributed by atoms with E-state index in [1.807, 2.05) is 26.8 Å². The third-order valence-corrected chi connectivity index (χ3v) is 3.44. The lowest BCUT2D eigenvalue weighted by molar-refractivity contribution is -0.144. The minimum Gasteiger partial charge on any atom is -0.341 e. The molecule has 0 radical (unpaired) electrons. The Balaban J connectivity index is 2.70. The van der Waals surface area contributed by atoms with Gasteiger partial charge in [-0.3, -0.25) is 9.59 Å². The topological polar surface area (TPSA) is 73.2 Å². The highest BCUT2D eigenvalue weighted by molar-refractivity contribution is 7.99. The van der Waals surface area contributed by atoms with Gasteiger partial charge < -0.3 is 10.2 Å². The van der Waals surface area contributed by atoms with Gasteiger partial charge in [-0.15, -0.1) is 11.8 Å². The van der Waals surface area contributed by atoms with Crippen LogP contribution < -0.4 is 5.32 Å². The fraction of sp³-hybridized carbons (Fsp3) is 0.727. The Kier molecular flexibility index (Phi) is 4.40. The number of thioether (sulfide) groups is 1. The Hall–Kier alpha value is -1.22. The highest BCUT2D eigenvalue weighted by Gasteiger charge is 2.38. The molecular formula is C11H17N3O2S. The van der Waals surface area contributed by atoms with Crippen molar-refractivity contribution in [3.05, 3.63) is 0 Å². The van der Waals surface area contributed by atoms with Gasteiger partial charge in [0.05, 0.1) is 11.9 Å². The maximum absolute atomic E-state index is 12.1. The third-order valence-electron chi connectivity index (χ3n) is 2.43. The summed E-state index contributed by atoms with van der Waals surface area (Å²) in [6.07, 6.45) is 0. The molecule has 0 spiro atoms. The molecule has 1 heterocycles. The molecule has 1 atom stereocenters. The van der Waals surface area contributed by atoms with Crippen LogP contribution in [-0.4, -0.2) is 40.9 Å². The molecule has 1 N–H and O–H groups in total. The second kappa shape index (κ2) is 5.41. The van der Waals surface area contributed by atoms with Gasteiger partial charge in [0.25, 0.3) is 0 Å². The van der Waals surface area contributed by atoms with E-state index in [0.717, 1.165) is 0 Å². The highest BCUT2D eigenvalue weighted by atomic mass is 32.2. The first-order valence-electron chi connectivity index (χ1n) is 5.41. The summed E-state index contributed by atoms with van der Waals surface area (Å²) >= 11 is 1.56. The van der Waals surface area contributed by atoms with E-state index in [2.05, 4.69) is 5.32 Å². The van der Waals surface area contributed by atoms with E-state index in [4.69, 9.17) is 5.26 Å². The zero-order valence-corrected chi connectivity index (χ0v) is 11.1. The van der Waals surface area contributed by atoms with Crippen LogP contribution in [0.5, 0.6) is 0 Å². The smallest absolute Gasteiger partial charge is 0.244 e. The molecule has 0 aromatic carbocycles. The number of carbonyl (C=O) groups is 2. The first-order chi connectivity index (χ1) is 7.88. The minimum absolute atomic E-state index is 0.0163. The number of carbonyl (C=O) groups excluding carboxylic acids is 2. The van der Waals surface area contributed by atoms with Crippen LogP contribution in [0.25, 0.3) is 0 Å². The fourth-order valence-corrected chi connectivity index (χ4v) is 2.69. The largest absolute Gasteiger partial charge is 0.341 e. The lowest BCUT2D eigenvalue weighted by atomic mass is 9.94. The Morgan fingerprint density at radius 2 is 2.18 bits per heavy atom. The zero-order chi connectivity index (χ0) is 13.1.